The lowest BCUT2D eigenvalue weighted by Gasteiger charge is -2.16. The van der Waals surface area contributed by atoms with E-state index in [9.17, 15) is 13.6 Å². The van der Waals surface area contributed by atoms with Crippen molar-refractivity contribution in [1.29, 1.82) is 0 Å². The third-order valence-electron chi connectivity index (χ3n) is 4.14. The summed E-state index contributed by atoms with van der Waals surface area (Å²) in [5.41, 5.74) is 1.94. The number of hydrogen-bond donors (Lipinski definition) is 2. The molecule has 2 aromatic rings. The molecule has 162 valence electrons. The first-order valence-corrected chi connectivity index (χ1v) is 9.50. The van der Waals surface area contributed by atoms with Gasteiger partial charge in [0.2, 0.25) is 0 Å². The van der Waals surface area contributed by atoms with Gasteiger partial charge in [0.1, 0.15) is 24.9 Å². The van der Waals surface area contributed by atoms with Crippen molar-refractivity contribution in [2.75, 3.05) is 25.3 Å². The van der Waals surface area contributed by atoms with Gasteiger partial charge >= 0.3 is 0 Å². The van der Waals surface area contributed by atoms with E-state index in [2.05, 4.69) is 15.6 Å². The number of pyridine rings is 1. The summed E-state index contributed by atoms with van der Waals surface area (Å²) in [5, 5.41) is 6.01. The summed E-state index contributed by atoms with van der Waals surface area (Å²) in [5.74, 6) is 0.736. The molecule has 6 nitrogen and oxygen atoms in total. The van der Waals surface area contributed by atoms with Crippen LogP contribution in [-0.4, -0.2) is 37.3 Å². The number of rotatable bonds is 11. The molecule has 1 aromatic carbocycles. The Balaban J connectivity index is 0.00000450. The Morgan fingerprint density at radius 1 is 1.28 bits per heavy atom. The van der Waals surface area contributed by atoms with Crippen LogP contribution >= 0.6 is 0 Å². The Morgan fingerprint density at radius 3 is 2.76 bits per heavy atom. The number of halogens is 2. The van der Waals surface area contributed by atoms with Crippen molar-refractivity contribution < 1.29 is 25.9 Å². The van der Waals surface area contributed by atoms with E-state index in [-0.39, 0.29) is 14.8 Å². The molecule has 0 aliphatic rings. The van der Waals surface area contributed by atoms with Crippen LogP contribution in [-0.2, 0) is 4.74 Å². The maximum Gasteiger partial charge on any atom is 0.272 e. The first-order valence-electron chi connectivity index (χ1n) is 9.50. The zero-order valence-electron chi connectivity index (χ0n) is 16.9. The average Bonchev–Trinajstić information content (AvgIpc) is 2.70. The molecule has 1 unspecified atom stereocenters. The van der Waals surface area contributed by atoms with Gasteiger partial charge in [0, 0.05) is 21.2 Å². The zero-order chi connectivity index (χ0) is 21.2. The van der Waals surface area contributed by atoms with E-state index < -0.39 is 13.0 Å². The number of nitrogens with zero attached hydrogens (tertiary/aromatic N) is 1. The monoisotopic (exact) mass is 411 g/mol. The average molecular weight is 411 g/mol. The van der Waals surface area contributed by atoms with Crippen molar-refractivity contribution in [2.45, 2.75) is 39.7 Å². The Hall–Kier alpha value is -2.74. The standard InChI is InChI=1S/C21H27F2N3O3.2H2/c1-4-9-28-13-25-20-11-16(7-8-24-20)15(3)26-21(27)17-5-6-18(14(2)10-17)29-12-19(22)23;;/h5-8,10-11,15,19H,4,9,12-13H2,1-3H3,(H,24,25)(H,26,27);2*1H. The summed E-state index contributed by atoms with van der Waals surface area (Å²) in [7, 11) is 0. The SMILES string of the molecule is CCCOCNc1cc(C(C)NC(=O)c2ccc(OCC(F)F)c(C)c2)ccn1.[HH].[HH]. The molecule has 0 aliphatic heterocycles. The number of benzene rings is 1. The molecule has 0 saturated carbocycles. The van der Waals surface area contributed by atoms with Crippen LogP contribution in [0.5, 0.6) is 5.75 Å². The van der Waals surface area contributed by atoms with E-state index in [4.69, 9.17) is 9.47 Å². The number of aromatic nitrogens is 1. The topological polar surface area (TPSA) is 72.5 Å². The Bertz CT molecular complexity index is 813. The van der Waals surface area contributed by atoms with Gasteiger partial charge in [-0.2, -0.15) is 0 Å². The highest BCUT2D eigenvalue weighted by Gasteiger charge is 2.14. The Labute approximate surface area is 172 Å². The minimum Gasteiger partial charge on any atom is -0.487 e. The highest BCUT2D eigenvalue weighted by Crippen LogP contribution is 2.21. The van der Waals surface area contributed by atoms with Gasteiger partial charge in [0.05, 0.1) is 6.04 Å². The summed E-state index contributed by atoms with van der Waals surface area (Å²) in [4.78, 5) is 16.8. The second kappa shape index (κ2) is 11.3. The largest absolute Gasteiger partial charge is 0.487 e. The molecule has 2 N–H and O–H groups in total. The number of carbonyl (C=O) groups is 1. The molecule has 1 atom stereocenters. The van der Waals surface area contributed by atoms with Crippen LogP contribution in [0.2, 0.25) is 0 Å². The molecule has 2 rings (SSSR count). The smallest absolute Gasteiger partial charge is 0.272 e. The molecule has 1 aromatic heterocycles. The van der Waals surface area contributed by atoms with Gasteiger partial charge in [0.25, 0.3) is 12.3 Å². The van der Waals surface area contributed by atoms with Crippen LogP contribution in [0.1, 0.15) is 50.6 Å². The summed E-state index contributed by atoms with van der Waals surface area (Å²) in [6, 6.07) is 8.14. The van der Waals surface area contributed by atoms with E-state index in [1.165, 1.54) is 6.07 Å². The first-order chi connectivity index (χ1) is 13.9. The zero-order valence-corrected chi connectivity index (χ0v) is 16.9. The first kappa shape index (κ1) is 22.5. The van der Waals surface area contributed by atoms with Crippen LogP contribution < -0.4 is 15.4 Å². The number of carbonyl (C=O) groups excluding carboxylic acids is 1. The quantitative estimate of drug-likeness (QED) is 0.410. The molecular weight excluding hydrogens is 380 g/mol. The van der Waals surface area contributed by atoms with Crippen molar-refractivity contribution in [3.8, 4) is 5.75 Å². The maximum absolute atomic E-state index is 12.6. The normalized spacial score (nSPS) is 11.9. The van der Waals surface area contributed by atoms with Crippen LogP contribution in [0.15, 0.2) is 36.5 Å². The van der Waals surface area contributed by atoms with Gasteiger partial charge in [-0.3, -0.25) is 4.79 Å². The summed E-state index contributed by atoms with van der Waals surface area (Å²) in [6.07, 6.45) is 0.0624. The van der Waals surface area contributed by atoms with E-state index >= 15 is 0 Å². The van der Waals surface area contributed by atoms with Gasteiger partial charge in [0.15, 0.2) is 0 Å². The van der Waals surface area contributed by atoms with Crippen molar-refractivity contribution >= 4 is 11.7 Å². The van der Waals surface area contributed by atoms with E-state index in [0.717, 1.165) is 12.0 Å². The molecular formula is C21H31F2N3O3. The molecule has 0 radical (unpaired) electrons. The predicted octanol–water partition coefficient (Wildman–Crippen LogP) is 4.81. The third-order valence-corrected chi connectivity index (χ3v) is 4.14. The van der Waals surface area contributed by atoms with Crippen LogP contribution in [0.25, 0.3) is 0 Å². The molecule has 0 fully saturated rings. The third kappa shape index (κ3) is 7.30. The lowest BCUT2D eigenvalue weighted by atomic mass is 10.1. The molecule has 0 spiro atoms. The maximum atomic E-state index is 12.6. The van der Waals surface area contributed by atoms with Gasteiger partial charge in [-0.25, -0.2) is 13.8 Å². The number of anilines is 1. The lowest BCUT2D eigenvalue weighted by Crippen LogP contribution is -2.26. The number of alkyl halides is 2. The molecule has 29 heavy (non-hydrogen) atoms. The molecule has 1 amide bonds. The summed E-state index contributed by atoms with van der Waals surface area (Å²) < 4.78 is 35.0. The van der Waals surface area contributed by atoms with Gasteiger partial charge in [-0.1, -0.05) is 6.92 Å². The number of ether oxygens (including phenoxy) is 2. The lowest BCUT2D eigenvalue weighted by molar-refractivity contribution is 0.0814. The van der Waals surface area contributed by atoms with Crippen molar-refractivity contribution in [1.82, 2.24) is 10.3 Å². The minimum atomic E-state index is -2.55. The van der Waals surface area contributed by atoms with Crippen LogP contribution in [0, 0.1) is 6.92 Å². The van der Waals surface area contributed by atoms with Crippen molar-refractivity contribution in [3.63, 3.8) is 0 Å². The van der Waals surface area contributed by atoms with E-state index in [1.54, 1.807) is 25.3 Å². The molecule has 0 bridgehead atoms. The number of amides is 1. The second-order valence-corrected chi connectivity index (χ2v) is 6.58. The van der Waals surface area contributed by atoms with Crippen LogP contribution in [0.4, 0.5) is 14.6 Å². The molecule has 0 aliphatic carbocycles. The van der Waals surface area contributed by atoms with Crippen molar-refractivity contribution in [3.05, 3.63) is 53.2 Å². The van der Waals surface area contributed by atoms with Gasteiger partial charge in [-0.05, 0) is 61.7 Å². The number of hydrogen-bond acceptors (Lipinski definition) is 5. The Morgan fingerprint density at radius 2 is 2.07 bits per heavy atom. The predicted molar refractivity (Wildman–Crippen MR) is 112 cm³/mol. The highest BCUT2D eigenvalue weighted by molar-refractivity contribution is 5.94. The van der Waals surface area contributed by atoms with Gasteiger partial charge in [-0.15, -0.1) is 0 Å². The van der Waals surface area contributed by atoms with Gasteiger partial charge < -0.3 is 20.1 Å². The molecule has 0 saturated heterocycles. The van der Waals surface area contributed by atoms with Crippen LogP contribution in [0.3, 0.4) is 0 Å². The Kier molecular flexibility index (Phi) is 8.79. The fourth-order valence-corrected chi connectivity index (χ4v) is 2.62. The fourth-order valence-electron chi connectivity index (χ4n) is 2.62. The molecule has 8 heteroatoms. The number of aryl methyl sites for hydroxylation is 1. The van der Waals surface area contributed by atoms with E-state index in [1.807, 2.05) is 26.0 Å². The van der Waals surface area contributed by atoms with E-state index in [0.29, 0.717) is 36.0 Å². The highest BCUT2D eigenvalue weighted by atomic mass is 19.3. The fraction of sp³-hybridized carbons (Fsp3) is 0.429. The molecule has 1 heterocycles. The summed E-state index contributed by atoms with van der Waals surface area (Å²) >= 11 is 0. The summed E-state index contributed by atoms with van der Waals surface area (Å²) in [6.45, 7) is 5.98. The van der Waals surface area contributed by atoms with Crippen molar-refractivity contribution in [2.24, 2.45) is 0 Å². The minimum absolute atomic E-state index is 0. The number of nitrogens with one attached hydrogen (secondary N) is 2. The second-order valence-electron chi connectivity index (χ2n) is 6.58.